The monoisotopic (exact) mass is 346 g/mol. The highest BCUT2D eigenvalue weighted by Gasteiger charge is 2.41. The maximum Gasteiger partial charge on any atom is 0.245 e. The van der Waals surface area contributed by atoms with Crippen molar-refractivity contribution in [3.05, 3.63) is 24.0 Å². The van der Waals surface area contributed by atoms with Gasteiger partial charge in [-0.05, 0) is 25.0 Å². The standard InChI is InChI=1S/C18H23FN4O2/c1-21-14-7-5-6-13(19)16(14)20-18(21)23-11-12(25-2)10-15(23)17(24)22-8-3-4-9-22/h5-7,12,15H,3-4,8-11H2,1-2H3/t12-,15-/m0/s1. The van der Waals surface area contributed by atoms with E-state index in [9.17, 15) is 9.18 Å². The Morgan fingerprint density at radius 3 is 2.76 bits per heavy atom. The molecule has 2 aliphatic rings. The second-order valence-corrected chi connectivity index (χ2v) is 6.87. The lowest BCUT2D eigenvalue weighted by Gasteiger charge is -2.28. The number of nitrogens with zero attached hydrogens (tertiary/aromatic N) is 4. The highest BCUT2D eigenvalue weighted by molar-refractivity contribution is 5.87. The van der Waals surface area contributed by atoms with Crippen molar-refractivity contribution in [2.45, 2.75) is 31.4 Å². The number of carbonyl (C=O) groups excluding carboxylic acids is 1. The van der Waals surface area contributed by atoms with E-state index in [0.29, 0.717) is 24.4 Å². The number of rotatable bonds is 3. The molecule has 4 rings (SSSR count). The Balaban J connectivity index is 1.72. The van der Waals surface area contributed by atoms with E-state index in [1.54, 1.807) is 13.2 Å². The third-order valence-electron chi connectivity index (χ3n) is 5.39. The van der Waals surface area contributed by atoms with Crippen LogP contribution in [0.3, 0.4) is 0 Å². The maximum absolute atomic E-state index is 14.1. The van der Waals surface area contributed by atoms with Gasteiger partial charge in [0.2, 0.25) is 11.9 Å². The molecule has 0 saturated carbocycles. The first-order chi connectivity index (χ1) is 12.1. The topological polar surface area (TPSA) is 50.6 Å². The molecule has 7 heteroatoms. The zero-order valence-electron chi connectivity index (χ0n) is 14.6. The number of likely N-dealkylation sites (tertiary alicyclic amines) is 1. The molecule has 0 spiro atoms. The molecule has 6 nitrogen and oxygen atoms in total. The van der Waals surface area contributed by atoms with Gasteiger partial charge in [0, 0.05) is 40.2 Å². The molecule has 1 aromatic heterocycles. The first-order valence-electron chi connectivity index (χ1n) is 8.79. The van der Waals surface area contributed by atoms with E-state index in [1.807, 2.05) is 27.5 Å². The number of fused-ring (bicyclic) bond motifs is 1. The van der Waals surface area contributed by atoms with E-state index in [1.165, 1.54) is 6.07 Å². The van der Waals surface area contributed by atoms with Crippen LogP contribution in [-0.4, -0.2) is 59.2 Å². The fourth-order valence-electron chi connectivity index (χ4n) is 4.00. The van der Waals surface area contributed by atoms with Gasteiger partial charge in [-0.2, -0.15) is 0 Å². The Morgan fingerprint density at radius 2 is 2.08 bits per heavy atom. The van der Waals surface area contributed by atoms with Crippen LogP contribution >= 0.6 is 0 Å². The van der Waals surface area contributed by atoms with Crippen LogP contribution in [-0.2, 0) is 16.6 Å². The Morgan fingerprint density at radius 1 is 1.32 bits per heavy atom. The Kier molecular flexibility index (Phi) is 4.11. The van der Waals surface area contributed by atoms with E-state index in [2.05, 4.69) is 4.98 Å². The number of benzene rings is 1. The summed E-state index contributed by atoms with van der Waals surface area (Å²) in [6.45, 7) is 2.22. The molecule has 1 amide bonds. The number of anilines is 1. The van der Waals surface area contributed by atoms with Gasteiger partial charge in [-0.15, -0.1) is 0 Å². The number of ether oxygens (including phenoxy) is 1. The lowest BCUT2D eigenvalue weighted by Crippen LogP contribution is -2.45. The quantitative estimate of drug-likeness (QED) is 0.852. The van der Waals surface area contributed by atoms with Crippen molar-refractivity contribution < 1.29 is 13.9 Å². The summed E-state index contributed by atoms with van der Waals surface area (Å²) in [5, 5.41) is 0. The van der Waals surface area contributed by atoms with Gasteiger partial charge >= 0.3 is 0 Å². The van der Waals surface area contributed by atoms with Crippen molar-refractivity contribution in [2.24, 2.45) is 7.05 Å². The number of hydrogen-bond acceptors (Lipinski definition) is 4. The van der Waals surface area contributed by atoms with E-state index in [0.717, 1.165) is 31.4 Å². The van der Waals surface area contributed by atoms with Gasteiger partial charge in [0.15, 0.2) is 5.82 Å². The maximum atomic E-state index is 14.1. The fourth-order valence-corrected chi connectivity index (χ4v) is 4.00. The summed E-state index contributed by atoms with van der Waals surface area (Å²) in [5.41, 5.74) is 1.07. The van der Waals surface area contributed by atoms with Crippen LogP contribution in [0.4, 0.5) is 10.3 Å². The van der Waals surface area contributed by atoms with Crippen LogP contribution in [0.15, 0.2) is 18.2 Å². The zero-order chi connectivity index (χ0) is 17.6. The largest absolute Gasteiger partial charge is 0.380 e. The summed E-state index contributed by atoms with van der Waals surface area (Å²) in [6.07, 6.45) is 2.73. The predicted octanol–water partition coefficient (Wildman–Crippen LogP) is 1.93. The molecule has 25 heavy (non-hydrogen) atoms. The van der Waals surface area contributed by atoms with Gasteiger partial charge < -0.3 is 19.1 Å². The van der Waals surface area contributed by atoms with E-state index in [-0.39, 0.29) is 23.9 Å². The minimum atomic E-state index is -0.343. The van der Waals surface area contributed by atoms with Crippen LogP contribution < -0.4 is 4.90 Å². The average molecular weight is 346 g/mol. The minimum absolute atomic E-state index is 0.0267. The molecule has 1 aromatic carbocycles. The average Bonchev–Trinajstić information content (AvgIpc) is 3.33. The van der Waals surface area contributed by atoms with Crippen LogP contribution in [0.2, 0.25) is 0 Å². The van der Waals surface area contributed by atoms with E-state index >= 15 is 0 Å². The van der Waals surface area contributed by atoms with Crippen molar-refractivity contribution in [2.75, 3.05) is 31.6 Å². The van der Waals surface area contributed by atoms with Gasteiger partial charge in [0.25, 0.3) is 0 Å². The molecule has 134 valence electrons. The van der Waals surface area contributed by atoms with Crippen LogP contribution in [0.1, 0.15) is 19.3 Å². The molecule has 0 unspecified atom stereocenters. The highest BCUT2D eigenvalue weighted by Crippen LogP contribution is 2.31. The second kappa shape index (κ2) is 6.29. The normalized spacial score (nSPS) is 23.8. The molecule has 2 fully saturated rings. The molecule has 3 heterocycles. The number of imidazole rings is 1. The van der Waals surface area contributed by atoms with Crippen molar-refractivity contribution in [1.29, 1.82) is 0 Å². The predicted molar refractivity (Wildman–Crippen MR) is 93.0 cm³/mol. The third-order valence-corrected chi connectivity index (χ3v) is 5.39. The number of carbonyl (C=O) groups is 1. The van der Waals surface area contributed by atoms with Crippen LogP contribution in [0.25, 0.3) is 11.0 Å². The first kappa shape index (κ1) is 16.3. The smallest absolute Gasteiger partial charge is 0.245 e. The number of aryl methyl sites for hydroxylation is 1. The molecule has 2 atom stereocenters. The molecule has 2 aromatic rings. The summed E-state index contributed by atoms with van der Waals surface area (Å²) < 4.78 is 21.5. The summed E-state index contributed by atoms with van der Waals surface area (Å²) in [4.78, 5) is 21.4. The molecule has 0 bridgehead atoms. The third kappa shape index (κ3) is 2.66. The van der Waals surface area contributed by atoms with Crippen molar-refractivity contribution in [3.8, 4) is 0 Å². The van der Waals surface area contributed by atoms with Crippen LogP contribution in [0.5, 0.6) is 0 Å². The Hall–Kier alpha value is -2.15. The lowest BCUT2D eigenvalue weighted by atomic mass is 10.1. The SMILES string of the molecule is CO[C@H]1C[C@@H](C(=O)N2CCCC2)N(c2nc3c(F)cccc3n2C)C1. The van der Waals surface area contributed by atoms with Crippen molar-refractivity contribution >= 4 is 22.9 Å². The van der Waals surface area contributed by atoms with Gasteiger partial charge in [-0.3, -0.25) is 4.79 Å². The van der Waals surface area contributed by atoms with Crippen molar-refractivity contribution in [3.63, 3.8) is 0 Å². The molecule has 0 radical (unpaired) electrons. The number of aromatic nitrogens is 2. The summed E-state index contributed by atoms with van der Waals surface area (Å²) in [6, 6.07) is 4.63. The van der Waals surface area contributed by atoms with Crippen molar-refractivity contribution in [1.82, 2.24) is 14.5 Å². The molecule has 2 aliphatic heterocycles. The number of halogens is 1. The summed E-state index contributed by atoms with van der Waals surface area (Å²) >= 11 is 0. The van der Waals surface area contributed by atoms with Crippen LogP contribution in [0, 0.1) is 5.82 Å². The van der Waals surface area contributed by atoms with Gasteiger partial charge in [-0.1, -0.05) is 6.07 Å². The van der Waals surface area contributed by atoms with E-state index in [4.69, 9.17) is 4.74 Å². The number of hydrogen-bond donors (Lipinski definition) is 0. The summed E-state index contributed by atoms with van der Waals surface area (Å²) in [5.74, 6) is 0.408. The minimum Gasteiger partial charge on any atom is -0.380 e. The molecule has 0 aliphatic carbocycles. The zero-order valence-corrected chi connectivity index (χ0v) is 14.6. The molecule has 2 saturated heterocycles. The molecular weight excluding hydrogens is 323 g/mol. The highest BCUT2D eigenvalue weighted by atomic mass is 19.1. The first-order valence-corrected chi connectivity index (χ1v) is 8.79. The number of para-hydroxylation sites is 1. The Bertz CT molecular complexity index is 800. The number of methoxy groups -OCH3 is 1. The van der Waals surface area contributed by atoms with Gasteiger partial charge in [0.05, 0.1) is 11.6 Å². The lowest BCUT2D eigenvalue weighted by molar-refractivity contribution is -0.131. The molecule has 0 N–H and O–H groups in total. The Labute approximate surface area is 146 Å². The fraction of sp³-hybridized carbons (Fsp3) is 0.556. The second-order valence-electron chi connectivity index (χ2n) is 6.87. The van der Waals surface area contributed by atoms with Gasteiger partial charge in [-0.25, -0.2) is 9.37 Å². The van der Waals surface area contributed by atoms with E-state index < -0.39 is 0 Å². The summed E-state index contributed by atoms with van der Waals surface area (Å²) in [7, 11) is 3.53. The number of amides is 1. The molecular formula is C18H23FN4O2. The van der Waals surface area contributed by atoms with Gasteiger partial charge in [0.1, 0.15) is 11.6 Å².